The molecule has 1 fully saturated rings. The first-order valence-corrected chi connectivity index (χ1v) is 4.63. The van der Waals surface area contributed by atoms with Gasteiger partial charge in [-0.05, 0) is 12.1 Å². The van der Waals surface area contributed by atoms with Gasteiger partial charge in [0, 0.05) is 24.4 Å². The van der Waals surface area contributed by atoms with E-state index in [1.807, 2.05) is 18.2 Å². The first-order valence-electron chi connectivity index (χ1n) is 4.63. The van der Waals surface area contributed by atoms with E-state index >= 15 is 0 Å². The number of hydrogen-bond acceptors (Lipinski definition) is 2. The standard InChI is InChI=1S/C11H11NO/c1-2-4-10-8(3-1)5-11(13-10)9-6-12-7-9/h1-5,9,12H,6-7H2. The third kappa shape index (κ3) is 1.06. The highest BCUT2D eigenvalue weighted by atomic mass is 16.3. The van der Waals surface area contributed by atoms with Crippen molar-refractivity contribution < 1.29 is 4.42 Å². The topological polar surface area (TPSA) is 25.2 Å². The van der Waals surface area contributed by atoms with Crippen LogP contribution in [0.25, 0.3) is 11.0 Å². The number of hydrogen-bond donors (Lipinski definition) is 1. The molecule has 13 heavy (non-hydrogen) atoms. The van der Waals surface area contributed by atoms with Crippen LogP contribution in [0.1, 0.15) is 11.7 Å². The van der Waals surface area contributed by atoms with E-state index in [2.05, 4.69) is 17.4 Å². The maximum atomic E-state index is 5.73. The van der Waals surface area contributed by atoms with Crippen LogP contribution in [0.15, 0.2) is 34.7 Å². The van der Waals surface area contributed by atoms with Crippen molar-refractivity contribution in [3.8, 4) is 0 Å². The molecule has 0 radical (unpaired) electrons. The molecule has 1 aromatic carbocycles. The number of furan rings is 1. The summed E-state index contributed by atoms with van der Waals surface area (Å²) in [5.74, 6) is 1.72. The van der Waals surface area contributed by atoms with E-state index in [0.29, 0.717) is 5.92 Å². The molecule has 2 heterocycles. The van der Waals surface area contributed by atoms with Gasteiger partial charge >= 0.3 is 0 Å². The fourth-order valence-corrected chi connectivity index (χ4v) is 1.69. The molecular formula is C11H11NO. The van der Waals surface area contributed by atoms with Crippen LogP contribution >= 0.6 is 0 Å². The number of benzene rings is 1. The molecule has 66 valence electrons. The summed E-state index contributed by atoms with van der Waals surface area (Å²) >= 11 is 0. The Balaban J connectivity index is 2.10. The monoisotopic (exact) mass is 173 g/mol. The van der Waals surface area contributed by atoms with Gasteiger partial charge in [-0.15, -0.1) is 0 Å². The maximum absolute atomic E-state index is 5.73. The Hall–Kier alpha value is -1.28. The smallest absolute Gasteiger partial charge is 0.134 e. The Labute approximate surface area is 76.5 Å². The Morgan fingerprint density at radius 1 is 1.23 bits per heavy atom. The van der Waals surface area contributed by atoms with Crippen molar-refractivity contribution in [2.75, 3.05) is 13.1 Å². The van der Waals surface area contributed by atoms with Gasteiger partial charge in [0.15, 0.2) is 0 Å². The molecule has 0 aliphatic carbocycles. The highest BCUT2D eigenvalue weighted by molar-refractivity contribution is 5.77. The predicted octanol–water partition coefficient (Wildman–Crippen LogP) is 2.12. The molecule has 0 spiro atoms. The van der Waals surface area contributed by atoms with Crippen molar-refractivity contribution in [3.63, 3.8) is 0 Å². The maximum Gasteiger partial charge on any atom is 0.134 e. The molecule has 0 bridgehead atoms. The van der Waals surface area contributed by atoms with Gasteiger partial charge < -0.3 is 9.73 Å². The molecule has 1 saturated heterocycles. The van der Waals surface area contributed by atoms with E-state index in [4.69, 9.17) is 4.42 Å². The molecule has 2 nitrogen and oxygen atoms in total. The minimum Gasteiger partial charge on any atom is -0.461 e. The number of para-hydroxylation sites is 1. The lowest BCUT2D eigenvalue weighted by atomic mass is 10.0. The lowest BCUT2D eigenvalue weighted by Gasteiger charge is -2.24. The van der Waals surface area contributed by atoms with Crippen LogP contribution < -0.4 is 5.32 Å². The van der Waals surface area contributed by atoms with Gasteiger partial charge in [0.05, 0.1) is 0 Å². The van der Waals surface area contributed by atoms with Gasteiger partial charge in [0.1, 0.15) is 11.3 Å². The minimum atomic E-state index is 0.590. The molecule has 0 unspecified atom stereocenters. The molecule has 2 aromatic rings. The summed E-state index contributed by atoms with van der Waals surface area (Å²) in [7, 11) is 0. The summed E-state index contributed by atoms with van der Waals surface area (Å²) in [4.78, 5) is 0. The molecule has 0 amide bonds. The second kappa shape index (κ2) is 2.60. The number of rotatable bonds is 1. The van der Waals surface area contributed by atoms with Crippen molar-refractivity contribution in [1.82, 2.24) is 5.32 Å². The van der Waals surface area contributed by atoms with Crippen LogP contribution in [0.5, 0.6) is 0 Å². The van der Waals surface area contributed by atoms with Gasteiger partial charge in [0.25, 0.3) is 0 Å². The van der Waals surface area contributed by atoms with Gasteiger partial charge in [-0.25, -0.2) is 0 Å². The molecule has 3 rings (SSSR count). The van der Waals surface area contributed by atoms with Crippen molar-refractivity contribution in [2.24, 2.45) is 0 Å². The lowest BCUT2D eigenvalue weighted by Crippen LogP contribution is -2.39. The van der Waals surface area contributed by atoms with Crippen LogP contribution in [-0.4, -0.2) is 13.1 Å². The summed E-state index contributed by atoms with van der Waals surface area (Å²) in [5, 5.41) is 4.46. The van der Waals surface area contributed by atoms with Crippen molar-refractivity contribution >= 4 is 11.0 Å². The zero-order valence-electron chi connectivity index (χ0n) is 7.29. The molecule has 0 saturated carbocycles. The van der Waals surface area contributed by atoms with Crippen LogP contribution in [0.4, 0.5) is 0 Å². The Morgan fingerprint density at radius 2 is 2.08 bits per heavy atom. The lowest BCUT2D eigenvalue weighted by molar-refractivity contribution is 0.380. The van der Waals surface area contributed by atoms with Crippen LogP contribution in [0.2, 0.25) is 0 Å². The highest BCUT2D eigenvalue weighted by Crippen LogP contribution is 2.26. The van der Waals surface area contributed by atoms with Crippen LogP contribution in [0, 0.1) is 0 Å². The van der Waals surface area contributed by atoms with E-state index < -0.39 is 0 Å². The Morgan fingerprint density at radius 3 is 2.77 bits per heavy atom. The minimum absolute atomic E-state index is 0.590. The predicted molar refractivity (Wildman–Crippen MR) is 51.8 cm³/mol. The highest BCUT2D eigenvalue weighted by Gasteiger charge is 2.22. The van der Waals surface area contributed by atoms with E-state index in [1.165, 1.54) is 5.39 Å². The number of nitrogens with one attached hydrogen (secondary N) is 1. The SMILES string of the molecule is c1ccc2oc(C3CNC3)cc2c1. The van der Waals surface area contributed by atoms with Gasteiger partial charge in [-0.2, -0.15) is 0 Å². The van der Waals surface area contributed by atoms with Gasteiger partial charge in [0.2, 0.25) is 0 Å². The normalized spacial score (nSPS) is 17.5. The van der Waals surface area contributed by atoms with E-state index in [1.54, 1.807) is 0 Å². The molecule has 0 atom stereocenters. The molecule has 1 aliphatic rings. The average Bonchev–Trinajstić information content (AvgIpc) is 2.43. The average molecular weight is 173 g/mol. The van der Waals surface area contributed by atoms with Crippen molar-refractivity contribution in [1.29, 1.82) is 0 Å². The third-order valence-corrected chi connectivity index (χ3v) is 2.63. The summed E-state index contributed by atoms with van der Waals surface area (Å²) in [6.45, 7) is 2.11. The molecule has 1 aliphatic heterocycles. The third-order valence-electron chi connectivity index (χ3n) is 2.63. The van der Waals surface area contributed by atoms with Gasteiger partial charge in [-0.1, -0.05) is 18.2 Å². The van der Waals surface area contributed by atoms with Crippen molar-refractivity contribution in [2.45, 2.75) is 5.92 Å². The van der Waals surface area contributed by atoms with Crippen molar-refractivity contribution in [3.05, 3.63) is 36.1 Å². The van der Waals surface area contributed by atoms with Crippen LogP contribution in [-0.2, 0) is 0 Å². The number of fused-ring (bicyclic) bond motifs is 1. The summed E-state index contributed by atoms with van der Waals surface area (Å²) in [5.41, 5.74) is 1.00. The van der Waals surface area contributed by atoms with Gasteiger partial charge in [-0.3, -0.25) is 0 Å². The van der Waals surface area contributed by atoms with E-state index in [0.717, 1.165) is 24.4 Å². The zero-order chi connectivity index (χ0) is 8.67. The first-order chi connectivity index (χ1) is 6.43. The zero-order valence-corrected chi connectivity index (χ0v) is 7.29. The summed E-state index contributed by atoms with van der Waals surface area (Å²) < 4.78 is 5.73. The quantitative estimate of drug-likeness (QED) is 0.714. The largest absolute Gasteiger partial charge is 0.461 e. The van der Waals surface area contributed by atoms with E-state index in [-0.39, 0.29) is 0 Å². The summed E-state index contributed by atoms with van der Waals surface area (Å²) in [6.07, 6.45) is 0. The molecule has 1 aromatic heterocycles. The second-order valence-corrected chi connectivity index (χ2v) is 3.54. The Bertz CT molecular complexity index is 395. The van der Waals surface area contributed by atoms with Crippen LogP contribution in [0.3, 0.4) is 0 Å². The fourth-order valence-electron chi connectivity index (χ4n) is 1.69. The fraction of sp³-hybridized carbons (Fsp3) is 0.273. The molecule has 1 N–H and O–H groups in total. The molecule has 2 heteroatoms. The second-order valence-electron chi connectivity index (χ2n) is 3.54. The summed E-state index contributed by atoms with van der Waals surface area (Å²) in [6, 6.07) is 10.3. The molecular weight excluding hydrogens is 162 g/mol. The Kier molecular flexibility index (Phi) is 1.43. The van der Waals surface area contributed by atoms with E-state index in [9.17, 15) is 0 Å². The first kappa shape index (κ1) is 7.15.